The van der Waals surface area contributed by atoms with Gasteiger partial charge >= 0.3 is 12.3 Å². The van der Waals surface area contributed by atoms with Gasteiger partial charge < -0.3 is 15.6 Å². The lowest BCUT2D eigenvalue weighted by Crippen LogP contribution is -2.36. The molecule has 0 aliphatic rings. The predicted octanol–water partition coefficient (Wildman–Crippen LogP) is 0.395. The molecule has 0 saturated carbocycles. The number of hydrogen-bond donors (Lipinski definition) is 2. The van der Waals surface area contributed by atoms with E-state index in [0.29, 0.717) is 0 Å². The topological polar surface area (TPSA) is 72.6 Å². The highest BCUT2D eigenvalue weighted by Crippen LogP contribution is 2.24. The number of carbonyl (C=O) groups is 1. The van der Waals surface area contributed by atoms with Crippen molar-refractivity contribution in [1.82, 2.24) is 0 Å². The molecule has 4 nitrogen and oxygen atoms in total. The summed E-state index contributed by atoms with van der Waals surface area (Å²) in [6, 6.07) is 0. The summed E-state index contributed by atoms with van der Waals surface area (Å²) in [5.41, 5.74) is 4.38. The second-order valence-corrected chi connectivity index (χ2v) is 1.98. The lowest BCUT2D eigenvalue weighted by Gasteiger charge is -2.18. The summed E-state index contributed by atoms with van der Waals surface area (Å²) in [4.78, 5) is 9.95. The van der Waals surface area contributed by atoms with Gasteiger partial charge in [0, 0.05) is 13.0 Å². The van der Waals surface area contributed by atoms with Gasteiger partial charge in [0.25, 0.3) is 0 Å². The van der Waals surface area contributed by atoms with Crippen LogP contribution >= 0.6 is 0 Å². The average Bonchev–Trinajstić information content (AvgIpc) is 1.83. The molecule has 1 atom stereocenters. The third-order valence-electron chi connectivity index (χ3n) is 1.01. The Labute approximate surface area is 66.1 Å². The molecule has 3 N–H and O–H groups in total. The Balaban J connectivity index is 4.13. The van der Waals surface area contributed by atoms with Crippen LogP contribution in [0.4, 0.5) is 18.0 Å². The number of primary amides is 1. The van der Waals surface area contributed by atoms with Gasteiger partial charge in [0.15, 0.2) is 0 Å². The van der Waals surface area contributed by atoms with Crippen molar-refractivity contribution in [3.8, 4) is 0 Å². The van der Waals surface area contributed by atoms with E-state index in [4.69, 9.17) is 5.11 Å². The summed E-state index contributed by atoms with van der Waals surface area (Å²) < 4.78 is 39.2. The van der Waals surface area contributed by atoms with Crippen molar-refractivity contribution in [2.45, 2.75) is 18.7 Å². The third kappa shape index (κ3) is 4.02. The molecule has 0 heterocycles. The van der Waals surface area contributed by atoms with E-state index < -0.39 is 31.4 Å². The number of rotatable bonds is 3. The summed E-state index contributed by atoms with van der Waals surface area (Å²) in [7, 11) is 0. The van der Waals surface area contributed by atoms with Gasteiger partial charge in [0.05, 0.1) is 0 Å². The molecule has 1 amide bonds. The number of carbonyl (C=O) groups excluding carboxylic acids is 1. The number of alkyl halides is 3. The van der Waals surface area contributed by atoms with Crippen LogP contribution in [0.2, 0.25) is 0 Å². The maximum absolute atomic E-state index is 11.8. The first kappa shape index (κ1) is 11.0. The number of aliphatic hydroxyl groups excluding tert-OH is 1. The third-order valence-corrected chi connectivity index (χ3v) is 1.01. The maximum atomic E-state index is 11.8. The van der Waals surface area contributed by atoms with E-state index in [0.717, 1.165) is 0 Å². The van der Waals surface area contributed by atoms with E-state index in [1.807, 2.05) is 0 Å². The van der Waals surface area contributed by atoms with Crippen LogP contribution in [0.25, 0.3) is 0 Å². The van der Waals surface area contributed by atoms with Crippen LogP contribution in [0.15, 0.2) is 0 Å². The molecule has 0 fully saturated rings. The molecule has 0 saturated heterocycles. The molecule has 7 heteroatoms. The standard InChI is InChI=1S/C5H8F3NO3/c6-5(7,8)3(1-2-10)12-4(9)11/h3,10H,1-2H2,(H2,9,11). The smallest absolute Gasteiger partial charge is 0.425 e. The van der Waals surface area contributed by atoms with Crippen molar-refractivity contribution < 1.29 is 27.8 Å². The highest BCUT2D eigenvalue weighted by Gasteiger charge is 2.41. The highest BCUT2D eigenvalue weighted by molar-refractivity contribution is 5.64. The van der Waals surface area contributed by atoms with Crippen LogP contribution < -0.4 is 5.73 Å². The second kappa shape index (κ2) is 4.15. The van der Waals surface area contributed by atoms with E-state index in [1.165, 1.54) is 0 Å². The fraction of sp³-hybridized carbons (Fsp3) is 0.800. The SMILES string of the molecule is NC(=O)OC(CCO)C(F)(F)F. The number of hydrogen-bond acceptors (Lipinski definition) is 3. The zero-order valence-corrected chi connectivity index (χ0v) is 5.97. The van der Waals surface area contributed by atoms with Gasteiger partial charge in [-0.25, -0.2) is 4.79 Å². The van der Waals surface area contributed by atoms with Gasteiger partial charge in [-0.2, -0.15) is 13.2 Å². The molecule has 0 aliphatic carbocycles. The largest absolute Gasteiger partial charge is 0.437 e. The molecule has 0 spiro atoms. The van der Waals surface area contributed by atoms with Gasteiger partial charge in [0.1, 0.15) is 0 Å². The molecular weight excluding hydrogens is 179 g/mol. The van der Waals surface area contributed by atoms with Crippen LogP contribution in [-0.2, 0) is 4.74 Å². The van der Waals surface area contributed by atoms with Crippen LogP contribution in [0.3, 0.4) is 0 Å². The summed E-state index contributed by atoms with van der Waals surface area (Å²) in [6.07, 6.45) is -9.21. The number of halogens is 3. The predicted molar refractivity (Wildman–Crippen MR) is 32.2 cm³/mol. The molecule has 0 aromatic rings. The monoisotopic (exact) mass is 187 g/mol. The van der Waals surface area contributed by atoms with Gasteiger partial charge in [0.2, 0.25) is 6.10 Å². The van der Waals surface area contributed by atoms with Gasteiger partial charge in [-0.05, 0) is 0 Å². The molecule has 12 heavy (non-hydrogen) atoms. The Morgan fingerprint density at radius 2 is 2.08 bits per heavy atom. The van der Waals surface area contributed by atoms with Crippen molar-refractivity contribution in [2.75, 3.05) is 6.61 Å². The van der Waals surface area contributed by atoms with E-state index in [9.17, 15) is 18.0 Å². The molecule has 1 unspecified atom stereocenters. The van der Waals surface area contributed by atoms with Crippen molar-refractivity contribution >= 4 is 6.09 Å². The van der Waals surface area contributed by atoms with Crippen LogP contribution in [0, 0.1) is 0 Å². The van der Waals surface area contributed by atoms with E-state index >= 15 is 0 Å². The Bertz CT molecular complexity index is 159. The fourth-order valence-electron chi connectivity index (χ4n) is 0.547. The zero-order chi connectivity index (χ0) is 9.78. The zero-order valence-electron chi connectivity index (χ0n) is 5.97. The van der Waals surface area contributed by atoms with Crippen molar-refractivity contribution in [2.24, 2.45) is 5.73 Å². The lowest BCUT2D eigenvalue weighted by atomic mass is 10.2. The Hall–Kier alpha value is -0.980. The molecule has 0 aliphatic heterocycles. The normalized spacial score (nSPS) is 14.0. The molecule has 0 aromatic heterocycles. The molecular formula is C5H8F3NO3. The Morgan fingerprint density at radius 1 is 1.58 bits per heavy atom. The first-order chi connectivity index (χ1) is 5.38. The minimum atomic E-state index is -4.68. The Morgan fingerprint density at radius 3 is 2.33 bits per heavy atom. The Kier molecular flexibility index (Phi) is 3.81. The minimum Gasteiger partial charge on any atom is -0.437 e. The van der Waals surface area contributed by atoms with Crippen molar-refractivity contribution in [3.05, 3.63) is 0 Å². The summed E-state index contributed by atoms with van der Waals surface area (Å²) >= 11 is 0. The second-order valence-electron chi connectivity index (χ2n) is 1.98. The highest BCUT2D eigenvalue weighted by atomic mass is 19.4. The van der Waals surface area contributed by atoms with E-state index in [-0.39, 0.29) is 0 Å². The summed E-state index contributed by atoms with van der Waals surface area (Å²) in [5, 5.41) is 8.18. The number of ether oxygens (including phenoxy) is 1. The first-order valence-corrected chi connectivity index (χ1v) is 3.01. The quantitative estimate of drug-likeness (QED) is 0.671. The minimum absolute atomic E-state index is 0.702. The number of nitrogens with two attached hydrogens (primary N) is 1. The molecule has 0 aromatic carbocycles. The van der Waals surface area contributed by atoms with E-state index in [2.05, 4.69) is 10.5 Å². The molecule has 0 rings (SSSR count). The van der Waals surface area contributed by atoms with Gasteiger partial charge in [-0.3, -0.25) is 0 Å². The first-order valence-electron chi connectivity index (χ1n) is 3.01. The lowest BCUT2D eigenvalue weighted by molar-refractivity contribution is -0.206. The van der Waals surface area contributed by atoms with Gasteiger partial charge in [-0.1, -0.05) is 0 Å². The van der Waals surface area contributed by atoms with Crippen LogP contribution in [-0.4, -0.2) is 30.1 Å². The van der Waals surface area contributed by atoms with Gasteiger partial charge in [-0.15, -0.1) is 0 Å². The van der Waals surface area contributed by atoms with E-state index in [1.54, 1.807) is 0 Å². The summed E-state index contributed by atoms with van der Waals surface area (Å²) in [6.45, 7) is -0.725. The van der Waals surface area contributed by atoms with Crippen molar-refractivity contribution in [3.63, 3.8) is 0 Å². The van der Waals surface area contributed by atoms with Crippen LogP contribution in [0.1, 0.15) is 6.42 Å². The number of aliphatic hydroxyl groups is 1. The molecule has 0 radical (unpaired) electrons. The van der Waals surface area contributed by atoms with Crippen LogP contribution in [0.5, 0.6) is 0 Å². The fourth-order valence-corrected chi connectivity index (χ4v) is 0.547. The summed E-state index contributed by atoms with van der Waals surface area (Å²) in [5.74, 6) is 0. The average molecular weight is 187 g/mol. The maximum Gasteiger partial charge on any atom is 0.425 e. The number of amides is 1. The van der Waals surface area contributed by atoms with Crippen molar-refractivity contribution in [1.29, 1.82) is 0 Å². The molecule has 0 bridgehead atoms. The molecule has 72 valence electrons.